The second-order valence-corrected chi connectivity index (χ2v) is 5.94. The van der Waals surface area contributed by atoms with Gasteiger partial charge in [-0.05, 0) is 49.9 Å². The van der Waals surface area contributed by atoms with Gasteiger partial charge in [-0.1, -0.05) is 13.0 Å². The van der Waals surface area contributed by atoms with E-state index < -0.39 is 0 Å². The molecule has 1 amide bonds. The zero-order valence-corrected chi connectivity index (χ0v) is 12.9. The number of amides is 1. The fraction of sp³-hybridized carbons (Fsp3) is 0.562. The lowest BCUT2D eigenvalue weighted by Gasteiger charge is -2.29. The van der Waals surface area contributed by atoms with Crippen LogP contribution >= 0.6 is 0 Å². The van der Waals surface area contributed by atoms with E-state index in [4.69, 9.17) is 0 Å². The minimum absolute atomic E-state index is 0.0748. The van der Waals surface area contributed by atoms with Gasteiger partial charge < -0.3 is 15.5 Å². The van der Waals surface area contributed by atoms with Crippen LogP contribution < -0.4 is 15.5 Å². The lowest BCUT2D eigenvalue weighted by molar-refractivity contribution is -0.119. The third kappa shape index (κ3) is 3.31. The van der Waals surface area contributed by atoms with Gasteiger partial charge in [-0.15, -0.1) is 0 Å². The molecule has 1 aromatic carbocycles. The number of aryl methyl sites for hydroxylation is 1. The van der Waals surface area contributed by atoms with E-state index in [1.165, 1.54) is 5.56 Å². The summed E-state index contributed by atoms with van der Waals surface area (Å²) in [7, 11) is 4.03. The van der Waals surface area contributed by atoms with Crippen molar-refractivity contribution >= 4 is 17.3 Å². The van der Waals surface area contributed by atoms with Gasteiger partial charge >= 0.3 is 0 Å². The maximum absolute atomic E-state index is 12.4. The Morgan fingerprint density at radius 2 is 2.15 bits per heavy atom. The van der Waals surface area contributed by atoms with Crippen molar-refractivity contribution in [3.05, 3.63) is 23.8 Å². The van der Waals surface area contributed by atoms with Crippen LogP contribution in [0.2, 0.25) is 0 Å². The summed E-state index contributed by atoms with van der Waals surface area (Å²) in [6, 6.07) is 5.96. The monoisotopic (exact) mass is 275 g/mol. The highest BCUT2D eigenvalue weighted by Gasteiger charge is 2.27. The van der Waals surface area contributed by atoms with Gasteiger partial charge in [0.1, 0.15) is 0 Å². The smallest absolute Gasteiger partial charge is 0.241 e. The summed E-state index contributed by atoms with van der Waals surface area (Å²) in [6.07, 6.45) is 2.27. The average molecular weight is 275 g/mol. The Balaban J connectivity index is 2.09. The summed E-state index contributed by atoms with van der Waals surface area (Å²) in [6.45, 7) is 5.14. The molecule has 0 radical (unpaired) electrons. The van der Waals surface area contributed by atoms with Crippen LogP contribution in [0, 0.1) is 12.8 Å². The third-order valence-corrected chi connectivity index (χ3v) is 4.01. The largest absolute Gasteiger partial charge is 0.377 e. The van der Waals surface area contributed by atoms with Gasteiger partial charge in [-0.25, -0.2) is 0 Å². The Morgan fingerprint density at radius 1 is 1.40 bits per heavy atom. The maximum atomic E-state index is 12.4. The molecule has 1 fully saturated rings. The molecule has 1 aliphatic rings. The highest BCUT2D eigenvalue weighted by molar-refractivity contribution is 5.95. The van der Waals surface area contributed by atoms with Crippen LogP contribution in [0.4, 0.5) is 11.4 Å². The lowest BCUT2D eigenvalue weighted by atomic mass is 9.92. The molecule has 0 saturated carbocycles. The van der Waals surface area contributed by atoms with E-state index in [0.717, 1.165) is 30.8 Å². The molecule has 2 atom stereocenters. The maximum Gasteiger partial charge on any atom is 0.241 e. The van der Waals surface area contributed by atoms with Crippen LogP contribution in [0.1, 0.15) is 25.3 Å². The van der Waals surface area contributed by atoms with Crippen molar-refractivity contribution in [1.82, 2.24) is 5.32 Å². The number of anilines is 2. The molecule has 2 N–H and O–H groups in total. The molecule has 1 heterocycles. The number of nitrogens with zero attached hydrogens (tertiary/aromatic N) is 1. The van der Waals surface area contributed by atoms with Gasteiger partial charge in [0.15, 0.2) is 0 Å². The molecular weight excluding hydrogens is 250 g/mol. The van der Waals surface area contributed by atoms with E-state index in [2.05, 4.69) is 29.4 Å². The summed E-state index contributed by atoms with van der Waals surface area (Å²) >= 11 is 0. The molecule has 20 heavy (non-hydrogen) atoms. The Labute approximate surface area is 121 Å². The first-order valence-electron chi connectivity index (χ1n) is 7.31. The Morgan fingerprint density at radius 3 is 2.80 bits per heavy atom. The van der Waals surface area contributed by atoms with E-state index in [0.29, 0.717) is 5.92 Å². The average Bonchev–Trinajstić information content (AvgIpc) is 2.41. The van der Waals surface area contributed by atoms with E-state index >= 15 is 0 Å². The summed E-state index contributed by atoms with van der Waals surface area (Å²) in [5, 5.41) is 6.35. The van der Waals surface area contributed by atoms with Crippen molar-refractivity contribution < 1.29 is 4.79 Å². The van der Waals surface area contributed by atoms with Crippen LogP contribution in [0.15, 0.2) is 18.2 Å². The number of nitrogens with one attached hydrogen (secondary N) is 2. The molecule has 2 unspecified atom stereocenters. The van der Waals surface area contributed by atoms with Crippen LogP contribution in [0.5, 0.6) is 0 Å². The predicted molar refractivity (Wildman–Crippen MR) is 84.3 cm³/mol. The molecule has 1 aromatic rings. The molecule has 4 nitrogen and oxygen atoms in total. The number of piperidine rings is 1. The van der Waals surface area contributed by atoms with Gasteiger partial charge in [0.2, 0.25) is 5.91 Å². The van der Waals surface area contributed by atoms with E-state index in [-0.39, 0.29) is 11.9 Å². The fourth-order valence-corrected chi connectivity index (χ4v) is 2.79. The van der Waals surface area contributed by atoms with Crippen LogP contribution in [0.3, 0.4) is 0 Å². The summed E-state index contributed by atoms with van der Waals surface area (Å²) < 4.78 is 0. The SMILES string of the molecule is Cc1ccc(NC(=O)C2NCCCC2C)cc1N(C)C. The zero-order valence-electron chi connectivity index (χ0n) is 12.9. The molecule has 0 spiro atoms. The van der Waals surface area contributed by atoms with E-state index in [9.17, 15) is 4.79 Å². The highest BCUT2D eigenvalue weighted by Crippen LogP contribution is 2.23. The number of carbonyl (C=O) groups excluding carboxylic acids is 1. The summed E-state index contributed by atoms with van der Waals surface area (Å²) in [5.74, 6) is 0.466. The summed E-state index contributed by atoms with van der Waals surface area (Å²) in [4.78, 5) is 14.4. The van der Waals surface area contributed by atoms with Crippen LogP contribution in [-0.2, 0) is 4.79 Å². The molecule has 1 aliphatic heterocycles. The van der Waals surface area contributed by atoms with Gasteiger partial charge in [0.05, 0.1) is 6.04 Å². The first kappa shape index (κ1) is 14.9. The van der Waals surface area contributed by atoms with Crippen molar-refractivity contribution in [2.24, 2.45) is 5.92 Å². The Kier molecular flexibility index (Phi) is 4.65. The molecule has 110 valence electrons. The first-order valence-corrected chi connectivity index (χ1v) is 7.31. The molecule has 1 saturated heterocycles. The number of hydrogen-bond donors (Lipinski definition) is 2. The number of hydrogen-bond acceptors (Lipinski definition) is 3. The van der Waals surface area contributed by atoms with Gasteiger partial charge in [0.25, 0.3) is 0 Å². The topological polar surface area (TPSA) is 44.4 Å². The third-order valence-electron chi connectivity index (χ3n) is 4.01. The minimum Gasteiger partial charge on any atom is -0.377 e. The number of benzene rings is 1. The van der Waals surface area contributed by atoms with Crippen LogP contribution in [0.25, 0.3) is 0 Å². The lowest BCUT2D eigenvalue weighted by Crippen LogP contribution is -2.48. The molecule has 4 heteroatoms. The second-order valence-electron chi connectivity index (χ2n) is 5.94. The molecule has 0 bridgehead atoms. The molecular formula is C16H25N3O. The quantitative estimate of drug-likeness (QED) is 0.890. The predicted octanol–water partition coefficient (Wildman–Crippen LogP) is 2.39. The molecule has 2 rings (SSSR count). The molecule has 0 aromatic heterocycles. The normalized spacial score (nSPS) is 22.4. The minimum atomic E-state index is -0.0761. The zero-order chi connectivity index (χ0) is 14.7. The molecule has 0 aliphatic carbocycles. The van der Waals surface area contributed by atoms with Crippen molar-refractivity contribution in [3.8, 4) is 0 Å². The number of rotatable bonds is 3. The van der Waals surface area contributed by atoms with E-state index in [1.54, 1.807) is 0 Å². The van der Waals surface area contributed by atoms with Crippen LogP contribution in [-0.4, -0.2) is 32.6 Å². The van der Waals surface area contributed by atoms with Crippen molar-refractivity contribution in [2.45, 2.75) is 32.7 Å². The van der Waals surface area contributed by atoms with E-state index in [1.807, 2.05) is 32.3 Å². The standard InChI is InChI=1S/C16H25N3O/c1-11-7-8-13(10-14(11)19(3)4)18-16(20)15-12(2)6-5-9-17-15/h7-8,10,12,15,17H,5-6,9H2,1-4H3,(H,18,20). The number of carbonyl (C=O) groups is 1. The fourth-order valence-electron chi connectivity index (χ4n) is 2.79. The second kappa shape index (κ2) is 6.27. The van der Waals surface area contributed by atoms with Crippen molar-refractivity contribution in [2.75, 3.05) is 30.9 Å². The van der Waals surface area contributed by atoms with Gasteiger partial charge in [-0.3, -0.25) is 4.79 Å². The van der Waals surface area contributed by atoms with Gasteiger partial charge in [0, 0.05) is 25.5 Å². The van der Waals surface area contributed by atoms with Crippen molar-refractivity contribution in [3.63, 3.8) is 0 Å². The first-order chi connectivity index (χ1) is 9.49. The Hall–Kier alpha value is -1.55. The van der Waals surface area contributed by atoms with Crippen molar-refractivity contribution in [1.29, 1.82) is 0 Å². The highest BCUT2D eigenvalue weighted by atomic mass is 16.2. The Bertz CT molecular complexity index is 485. The van der Waals surface area contributed by atoms with Gasteiger partial charge in [-0.2, -0.15) is 0 Å². The summed E-state index contributed by atoms with van der Waals surface area (Å²) in [5.41, 5.74) is 3.20.